The maximum atomic E-state index is 12.2. The molecule has 0 atom stereocenters. The number of fused-ring (bicyclic) bond motifs is 1. The van der Waals surface area contributed by atoms with Gasteiger partial charge in [-0.15, -0.1) is 6.42 Å². The van der Waals surface area contributed by atoms with Crippen LogP contribution in [-0.4, -0.2) is 5.91 Å². The maximum Gasteiger partial charge on any atom is 0.291 e. The molecule has 21 heavy (non-hydrogen) atoms. The second kappa shape index (κ2) is 5.47. The van der Waals surface area contributed by atoms with Gasteiger partial charge in [-0.25, -0.2) is 0 Å². The van der Waals surface area contributed by atoms with Crippen molar-refractivity contribution >= 4 is 38.5 Å². The summed E-state index contributed by atoms with van der Waals surface area (Å²) in [4.78, 5) is 12.2. The van der Waals surface area contributed by atoms with Gasteiger partial charge in [-0.3, -0.25) is 4.79 Å². The molecule has 1 amide bonds. The lowest BCUT2D eigenvalue weighted by Crippen LogP contribution is -2.10. The number of hydrogen-bond donors (Lipinski definition) is 1. The number of benzene rings is 2. The fourth-order valence-electron chi connectivity index (χ4n) is 2.02. The fraction of sp³-hybridized carbons (Fsp3) is 0. The number of rotatable bonds is 2. The first-order chi connectivity index (χ1) is 10.2. The monoisotopic (exact) mass is 339 g/mol. The van der Waals surface area contributed by atoms with Crippen LogP contribution in [0.15, 0.2) is 57.4 Å². The number of anilines is 1. The number of carbonyl (C=O) groups excluding carboxylic acids is 1. The molecule has 0 saturated heterocycles. The summed E-state index contributed by atoms with van der Waals surface area (Å²) in [6.07, 6.45) is 5.34. The van der Waals surface area contributed by atoms with Crippen LogP contribution in [0, 0.1) is 12.3 Å². The molecule has 102 valence electrons. The third-order valence-corrected chi connectivity index (χ3v) is 3.63. The number of terminal acetylenes is 1. The smallest absolute Gasteiger partial charge is 0.291 e. The van der Waals surface area contributed by atoms with Crippen molar-refractivity contribution in [2.75, 3.05) is 5.32 Å². The lowest BCUT2D eigenvalue weighted by molar-refractivity contribution is 0.0998. The number of hydrogen-bond acceptors (Lipinski definition) is 2. The van der Waals surface area contributed by atoms with Crippen LogP contribution in [0.3, 0.4) is 0 Å². The average molecular weight is 340 g/mol. The summed E-state index contributed by atoms with van der Waals surface area (Å²) in [5, 5.41) is 3.64. The van der Waals surface area contributed by atoms with Crippen molar-refractivity contribution in [3.63, 3.8) is 0 Å². The zero-order chi connectivity index (χ0) is 14.8. The maximum absolute atomic E-state index is 12.2. The molecule has 3 nitrogen and oxygen atoms in total. The summed E-state index contributed by atoms with van der Waals surface area (Å²) in [7, 11) is 0. The van der Waals surface area contributed by atoms with E-state index in [0.29, 0.717) is 16.8 Å². The van der Waals surface area contributed by atoms with Gasteiger partial charge < -0.3 is 9.73 Å². The third-order valence-electron chi connectivity index (χ3n) is 3.01. The summed E-state index contributed by atoms with van der Waals surface area (Å²) in [6.45, 7) is 0. The van der Waals surface area contributed by atoms with Crippen LogP contribution in [0.4, 0.5) is 5.69 Å². The molecular weight excluding hydrogens is 330 g/mol. The summed E-state index contributed by atoms with van der Waals surface area (Å²) < 4.78 is 6.40. The van der Waals surface area contributed by atoms with Crippen LogP contribution in [0.25, 0.3) is 11.0 Å². The van der Waals surface area contributed by atoms with Crippen LogP contribution in [0.5, 0.6) is 0 Å². The molecule has 0 aliphatic carbocycles. The quantitative estimate of drug-likeness (QED) is 0.702. The Balaban J connectivity index is 1.90. The van der Waals surface area contributed by atoms with Gasteiger partial charge in [0, 0.05) is 16.6 Å². The minimum Gasteiger partial charge on any atom is -0.450 e. The Labute approximate surface area is 130 Å². The zero-order valence-electron chi connectivity index (χ0n) is 10.9. The highest BCUT2D eigenvalue weighted by Crippen LogP contribution is 2.27. The molecule has 0 spiro atoms. The van der Waals surface area contributed by atoms with Crippen LogP contribution in [0.2, 0.25) is 0 Å². The average Bonchev–Trinajstić information content (AvgIpc) is 2.93. The van der Waals surface area contributed by atoms with Crippen LogP contribution < -0.4 is 5.32 Å². The molecule has 0 aliphatic heterocycles. The minimum atomic E-state index is -0.313. The second-order valence-electron chi connectivity index (χ2n) is 4.45. The van der Waals surface area contributed by atoms with E-state index in [9.17, 15) is 4.79 Å². The van der Waals surface area contributed by atoms with E-state index in [1.807, 2.05) is 18.2 Å². The lowest BCUT2D eigenvalue weighted by Gasteiger charge is -2.03. The molecule has 1 aromatic heterocycles. The Hall–Kier alpha value is -2.51. The fourth-order valence-corrected chi connectivity index (χ4v) is 2.48. The Morgan fingerprint density at radius 3 is 2.76 bits per heavy atom. The first kappa shape index (κ1) is 13.5. The molecule has 1 heterocycles. The van der Waals surface area contributed by atoms with Gasteiger partial charge in [-0.1, -0.05) is 24.1 Å². The first-order valence-electron chi connectivity index (χ1n) is 6.23. The molecule has 0 fully saturated rings. The number of nitrogens with one attached hydrogen (secondary N) is 1. The van der Waals surface area contributed by atoms with Crippen molar-refractivity contribution in [3.05, 3.63) is 64.3 Å². The van der Waals surface area contributed by atoms with Gasteiger partial charge in [0.25, 0.3) is 5.91 Å². The molecule has 1 N–H and O–H groups in total. The van der Waals surface area contributed by atoms with Gasteiger partial charge in [-0.2, -0.15) is 0 Å². The van der Waals surface area contributed by atoms with E-state index >= 15 is 0 Å². The van der Waals surface area contributed by atoms with Gasteiger partial charge in [0.05, 0.1) is 4.47 Å². The summed E-state index contributed by atoms with van der Waals surface area (Å²) in [6, 6.07) is 14.4. The van der Waals surface area contributed by atoms with Crippen molar-refractivity contribution in [1.82, 2.24) is 0 Å². The summed E-state index contributed by atoms with van der Waals surface area (Å²) in [5.74, 6) is 2.47. The van der Waals surface area contributed by atoms with Gasteiger partial charge >= 0.3 is 0 Å². The second-order valence-corrected chi connectivity index (χ2v) is 5.30. The van der Waals surface area contributed by atoms with E-state index in [-0.39, 0.29) is 11.7 Å². The molecule has 3 rings (SSSR count). The normalized spacial score (nSPS) is 10.3. The van der Waals surface area contributed by atoms with Crippen molar-refractivity contribution in [1.29, 1.82) is 0 Å². The van der Waals surface area contributed by atoms with E-state index in [0.717, 1.165) is 9.86 Å². The Kier molecular flexibility index (Phi) is 3.51. The molecule has 3 aromatic rings. The number of halogens is 1. The van der Waals surface area contributed by atoms with E-state index in [1.54, 1.807) is 30.3 Å². The Bertz CT molecular complexity index is 874. The lowest BCUT2D eigenvalue weighted by atomic mass is 10.2. The SMILES string of the molecule is C#Cc1cccc(NC(=O)c2cc3cccc(Br)c3o2)c1. The molecule has 0 bridgehead atoms. The topological polar surface area (TPSA) is 42.2 Å². The predicted molar refractivity (Wildman–Crippen MR) is 86.2 cm³/mol. The minimum absolute atomic E-state index is 0.253. The molecule has 0 radical (unpaired) electrons. The first-order valence-corrected chi connectivity index (χ1v) is 7.03. The van der Waals surface area contributed by atoms with Crippen LogP contribution >= 0.6 is 15.9 Å². The third kappa shape index (κ3) is 2.69. The van der Waals surface area contributed by atoms with E-state index in [1.165, 1.54) is 0 Å². The highest BCUT2D eigenvalue weighted by molar-refractivity contribution is 9.10. The van der Waals surface area contributed by atoms with Gasteiger partial charge in [0.1, 0.15) is 5.58 Å². The van der Waals surface area contributed by atoms with Crippen molar-refractivity contribution < 1.29 is 9.21 Å². The van der Waals surface area contributed by atoms with Gasteiger partial charge in [0.2, 0.25) is 0 Å². The zero-order valence-corrected chi connectivity index (χ0v) is 12.5. The number of carbonyl (C=O) groups is 1. The van der Waals surface area contributed by atoms with E-state index in [4.69, 9.17) is 10.8 Å². The van der Waals surface area contributed by atoms with E-state index in [2.05, 4.69) is 27.2 Å². The number of furan rings is 1. The van der Waals surface area contributed by atoms with Gasteiger partial charge in [0.15, 0.2) is 5.76 Å². The largest absolute Gasteiger partial charge is 0.450 e. The molecule has 0 aliphatic rings. The van der Waals surface area contributed by atoms with Gasteiger partial charge in [-0.05, 0) is 46.3 Å². The summed E-state index contributed by atoms with van der Waals surface area (Å²) in [5.41, 5.74) is 2.00. The molecule has 4 heteroatoms. The number of amides is 1. The highest BCUT2D eigenvalue weighted by Gasteiger charge is 2.13. The summed E-state index contributed by atoms with van der Waals surface area (Å²) >= 11 is 3.40. The van der Waals surface area contributed by atoms with E-state index < -0.39 is 0 Å². The van der Waals surface area contributed by atoms with Crippen molar-refractivity contribution in [2.45, 2.75) is 0 Å². The molecule has 0 unspecified atom stereocenters. The predicted octanol–water partition coefficient (Wildman–Crippen LogP) is 4.43. The molecule has 0 saturated carbocycles. The van der Waals surface area contributed by atoms with Crippen LogP contribution in [0.1, 0.15) is 16.1 Å². The van der Waals surface area contributed by atoms with Crippen molar-refractivity contribution in [3.8, 4) is 12.3 Å². The Morgan fingerprint density at radius 1 is 1.19 bits per heavy atom. The Morgan fingerprint density at radius 2 is 2.00 bits per heavy atom. The molecule has 2 aromatic carbocycles. The standard InChI is InChI=1S/C17H10BrNO2/c1-2-11-5-3-7-13(9-11)19-17(20)15-10-12-6-4-8-14(18)16(12)21-15/h1,3-10H,(H,19,20). The number of para-hydroxylation sites is 1. The van der Waals surface area contributed by atoms with Crippen molar-refractivity contribution in [2.24, 2.45) is 0 Å². The van der Waals surface area contributed by atoms with Crippen LogP contribution in [-0.2, 0) is 0 Å². The molecular formula is C17H10BrNO2. The highest BCUT2D eigenvalue weighted by atomic mass is 79.9.